The number of esters is 1. The van der Waals surface area contributed by atoms with E-state index in [1.807, 2.05) is 0 Å². The fraction of sp³-hybridized carbons (Fsp3) is 0.176. The Morgan fingerprint density at radius 1 is 1.04 bits per heavy atom. The minimum Gasteiger partial charge on any atom is -0.493 e. The van der Waals surface area contributed by atoms with Gasteiger partial charge in [0.25, 0.3) is 0 Å². The second-order valence-corrected chi connectivity index (χ2v) is 5.13. The molecule has 5 nitrogen and oxygen atoms in total. The molecule has 0 aliphatic carbocycles. The monoisotopic (exact) mass is 352 g/mol. The van der Waals surface area contributed by atoms with Crippen molar-refractivity contribution in [2.45, 2.75) is 0 Å². The molecule has 0 N–H and O–H groups in total. The number of rotatable bonds is 6. The molecule has 0 fully saturated rings. The summed E-state index contributed by atoms with van der Waals surface area (Å²) < 4.78 is 28.7. The van der Waals surface area contributed by atoms with Crippen molar-refractivity contribution < 1.29 is 28.2 Å². The molecular formula is C17H14ClFO5. The molecule has 0 aromatic heterocycles. The maximum atomic E-state index is 13.6. The van der Waals surface area contributed by atoms with E-state index in [4.69, 9.17) is 25.8 Å². The summed E-state index contributed by atoms with van der Waals surface area (Å²) in [5, 5.41) is 0.158. The van der Waals surface area contributed by atoms with Crippen LogP contribution in [0.2, 0.25) is 5.02 Å². The average molecular weight is 353 g/mol. The SMILES string of the molecule is COc1ccc(C(=O)COC(=O)c2ccc(Cl)cc2F)cc1OC. The molecule has 24 heavy (non-hydrogen) atoms. The fourth-order valence-electron chi connectivity index (χ4n) is 1.96. The van der Waals surface area contributed by atoms with Crippen molar-refractivity contribution in [3.63, 3.8) is 0 Å². The first-order chi connectivity index (χ1) is 11.5. The van der Waals surface area contributed by atoms with Crippen LogP contribution in [0.3, 0.4) is 0 Å². The van der Waals surface area contributed by atoms with Crippen molar-refractivity contribution >= 4 is 23.4 Å². The number of halogens is 2. The molecule has 0 amide bonds. The molecule has 7 heteroatoms. The first-order valence-corrected chi connectivity index (χ1v) is 7.21. The summed E-state index contributed by atoms with van der Waals surface area (Å²) in [4.78, 5) is 23.9. The van der Waals surface area contributed by atoms with Crippen LogP contribution in [0, 0.1) is 5.82 Å². The van der Waals surface area contributed by atoms with E-state index in [0.717, 1.165) is 6.07 Å². The summed E-state index contributed by atoms with van der Waals surface area (Å²) in [6, 6.07) is 8.09. The lowest BCUT2D eigenvalue weighted by Crippen LogP contribution is -2.15. The van der Waals surface area contributed by atoms with Crippen molar-refractivity contribution in [2.75, 3.05) is 20.8 Å². The number of benzene rings is 2. The first kappa shape index (κ1) is 17.7. The molecule has 0 unspecified atom stereocenters. The van der Waals surface area contributed by atoms with Gasteiger partial charge in [0.05, 0.1) is 19.8 Å². The summed E-state index contributed by atoms with van der Waals surface area (Å²) in [6.07, 6.45) is 0. The largest absolute Gasteiger partial charge is 0.493 e. The molecule has 126 valence electrons. The van der Waals surface area contributed by atoms with E-state index in [0.29, 0.717) is 11.5 Å². The van der Waals surface area contributed by atoms with Gasteiger partial charge in [-0.3, -0.25) is 4.79 Å². The first-order valence-electron chi connectivity index (χ1n) is 6.83. The molecular weight excluding hydrogens is 339 g/mol. The molecule has 2 aromatic carbocycles. The zero-order chi connectivity index (χ0) is 17.7. The number of carbonyl (C=O) groups is 2. The van der Waals surface area contributed by atoms with Gasteiger partial charge in [-0.05, 0) is 36.4 Å². The van der Waals surface area contributed by atoms with Crippen molar-refractivity contribution in [1.29, 1.82) is 0 Å². The number of methoxy groups -OCH3 is 2. The molecule has 2 aromatic rings. The lowest BCUT2D eigenvalue weighted by Gasteiger charge is -2.09. The van der Waals surface area contributed by atoms with Crippen LogP contribution < -0.4 is 9.47 Å². The number of ketones is 1. The molecule has 2 rings (SSSR count). The van der Waals surface area contributed by atoms with Gasteiger partial charge in [0.2, 0.25) is 0 Å². The van der Waals surface area contributed by atoms with Crippen LogP contribution in [0.1, 0.15) is 20.7 Å². The molecule has 0 bridgehead atoms. The third kappa shape index (κ3) is 4.02. The second-order valence-electron chi connectivity index (χ2n) is 4.69. The van der Waals surface area contributed by atoms with Crippen LogP contribution in [-0.2, 0) is 4.74 Å². The summed E-state index contributed by atoms with van der Waals surface area (Å²) in [5.41, 5.74) is -0.0171. The maximum absolute atomic E-state index is 13.6. The van der Waals surface area contributed by atoms with E-state index in [1.54, 1.807) is 6.07 Å². The van der Waals surface area contributed by atoms with Crippen LogP contribution in [0.25, 0.3) is 0 Å². The van der Waals surface area contributed by atoms with Gasteiger partial charge in [-0.2, -0.15) is 0 Å². The van der Waals surface area contributed by atoms with Crippen molar-refractivity contribution in [1.82, 2.24) is 0 Å². The minimum atomic E-state index is -0.946. The Bertz CT molecular complexity index is 776. The average Bonchev–Trinajstić information content (AvgIpc) is 2.58. The van der Waals surface area contributed by atoms with E-state index >= 15 is 0 Å². The molecule has 0 aliphatic heterocycles. The Morgan fingerprint density at radius 2 is 1.75 bits per heavy atom. The molecule has 0 aliphatic rings. The highest BCUT2D eigenvalue weighted by atomic mass is 35.5. The molecule has 0 heterocycles. The van der Waals surface area contributed by atoms with Crippen LogP contribution in [0.15, 0.2) is 36.4 Å². The topological polar surface area (TPSA) is 61.8 Å². The van der Waals surface area contributed by atoms with E-state index in [-0.39, 0.29) is 16.1 Å². The van der Waals surface area contributed by atoms with Gasteiger partial charge in [-0.1, -0.05) is 11.6 Å². The quantitative estimate of drug-likeness (QED) is 0.588. The zero-order valence-corrected chi connectivity index (χ0v) is 13.7. The van der Waals surface area contributed by atoms with Gasteiger partial charge in [0, 0.05) is 10.6 Å². The summed E-state index contributed by atoms with van der Waals surface area (Å²) in [7, 11) is 2.91. The molecule has 0 radical (unpaired) electrons. The third-order valence-electron chi connectivity index (χ3n) is 3.19. The predicted octanol–water partition coefficient (Wildman–Crippen LogP) is 3.54. The Hall–Kier alpha value is -2.60. The highest BCUT2D eigenvalue weighted by molar-refractivity contribution is 6.30. The summed E-state index contributed by atoms with van der Waals surface area (Å²) in [5.74, 6) is -1.38. The number of Topliss-reactive ketones (excluding diaryl/α,β-unsaturated/α-hetero) is 1. The zero-order valence-electron chi connectivity index (χ0n) is 13.0. The Kier molecular flexibility index (Phi) is 5.76. The smallest absolute Gasteiger partial charge is 0.341 e. The third-order valence-corrected chi connectivity index (χ3v) is 3.43. The maximum Gasteiger partial charge on any atom is 0.341 e. The van der Waals surface area contributed by atoms with Gasteiger partial charge in [0.1, 0.15) is 5.82 Å². The number of hydrogen-bond acceptors (Lipinski definition) is 5. The van der Waals surface area contributed by atoms with Crippen molar-refractivity contribution in [3.05, 3.63) is 58.4 Å². The van der Waals surface area contributed by atoms with Crippen LogP contribution in [0.5, 0.6) is 11.5 Å². The highest BCUT2D eigenvalue weighted by Crippen LogP contribution is 2.27. The normalized spacial score (nSPS) is 10.2. The van der Waals surface area contributed by atoms with Gasteiger partial charge in [-0.15, -0.1) is 0 Å². The van der Waals surface area contributed by atoms with Crippen LogP contribution >= 0.6 is 11.6 Å². The van der Waals surface area contributed by atoms with E-state index in [1.165, 1.54) is 38.5 Å². The lowest BCUT2D eigenvalue weighted by atomic mass is 10.1. The predicted molar refractivity (Wildman–Crippen MR) is 85.6 cm³/mol. The lowest BCUT2D eigenvalue weighted by molar-refractivity contribution is 0.0470. The molecule has 0 spiro atoms. The van der Waals surface area contributed by atoms with E-state index in [9.17, 15) is 14.0 Å². The van der Waals surface area contributed by atoms with Crippen molar-refractivity contribution in [3.8, 4) is 11.5 Å². The minimum absolute atomic E-state index is 0.158. The summed E-state index contributed by atoms with van der Waals surface area (Å²) in [6.45, 7) is -0.531. The number of hydrogen-bond donors (Lipinski definition) is 0. The fourth-order valence-corrected chi connectivity index (χ4v) is 2.12. The van der Waals surface area contributed by atoms with Gasteiger partial charge in [-0.25, -0.2) is 9.18 Å². The molecule has 0 saturated carbocycles. The molecule has 0 saturated heterocycles. The Morgan fingerprint density at radius 3 is 2.38 bits per heavy atom. The van der Waals surface area contributed by atoms with Crippen LogP contribution in [-0.4, -0.2) is 32.6 Å². The van der Waals surface area contributed by atoms with Gasteiger partial charge >= 0.3 is 5.97 Å². The van der Waals surface area contributed by atoms with Crippen molar-refractivity contribution in [2.24, 2.45) is 0 Å². The van der Waals surface area contributed by atoms with Gasteiger partial charge < -0.3 is 14.2 Å². The second kappa shape index (κ2) is 7.79. The van der Waals surface area contributed by atoms with E-state index < -0.39 is 24.2 Å². The number of ether oxygens (including phenoxy) is 3. The Labute approximate surface area is 142 Å². The molecule has 0 atom stereocenters. The summed E-state index contributed by atoms with van der Waals surface area (Å²) >= 11 is 5.61. The van der Waals surface area contributed by atoms with Crippen LogP contribution in [0.4, 0.5) is 4.39 Å². The standard InChI is InChI=1S/C17H14ClFO5/c1-22-15-6-3-10(7-16(15)23-2)14(20)9-24-17(21)12-5-4-11(18)8-13(12)19/h3-8H,9H2,1-2H3. The highest BCUT2D eigenvalue weighted by Gasteiger charge is 2.17. The Balaban J connectivity index is 2.06. The number of carbonyl (C=O) groups excluding carboxylic acids is 2. The van der Waals surface area contributed by atoms with E-state index in [2.05, 4.69) is 0 Å². The van der Waals surface area contributed by atoms with Gasteiger partial charge in [0.15, 0.2) is 23.9 Å².